The van der Waals surface area contributed by atoms with Gasteiger partial charge in [-0.25, -0.2) is 4.39 Å². The third kappa shape index (κ3) is 4.50. The van der Waals surface area contributed by atoms with Gasteiger partial charge in [-0.3, -0.25) is 24.6 Å². The molecule has 2 saturated heterocycles. The smallest absolute Gasteiger partial charge is 0.256 e. The number of benzene rings is 1. The van der Waals surface area contributed by atoms with Gasteiger partial charge >= 0.3 is 0 Å². The van der Waals surface area contributed by atoms with Crippen molar-refractivity contribution in [2.75, 3.05) is 26.3 Å². The Labute approximate surface area is 194 Å². The fourth-order valence-corrected chi connectivity index (χ4v) is 5.37. The molecule has 1 aromatic carbocycles. The van der Waals surface area contributed by atoms with E-state index in [9.17, 15) is 18.8 Å². The molecule has 0 spiro atoms. The standard InChI is InChI=1S/C23H24FN3O5S/c24-18-9-15(2-1-14(18)10-26-5-7-31-8-6-26)32-12-20-16-11-27(23(30)17(16)13-33-20)19-3-4-21(28)25-22(19)29/h1-2,9,13,19H,3-8,10-12H2,(H,25,28,29)/t19-/m0/s1. The van der Waals surface area contributed by atoms with Crippen LogP contribution >= 0.6 is 11.3 Å². The monoisotopic (exact) mass is 473 g/mol. The molecule has 33 heavy (non-hydrogen) atoms. The van der Waals surface area contributed by atoms with Crippen molar-refractivity contribution in [2.45, 2.75) is 38.6 Å². The maximum atomic E-state index is 14.6. The van der Waals surface area contributed by atoms with Gasteiger partial charge in [0.15, 0.2) is 0 Å². The SMILES string of the molecule is O=C1CC[C@H](N2Cc3c(csc3COc3ccc(CN4CCOCC4)c(F)c3)C2=O)C(=O)N1. The second kappa shape index (κ2) is 9.20. The maximum absolute atomic E-state index is 14.6. The van der Waals surface area contributed by atoms with Crippen molar-refractivity contribution in [1.29, 1.82) is 0 Å². The van der Waals surface area contributed by atoms with Crippen LogP contribution in [0.2, 0.25) is 0 Å². The van der Waals surface area contributed by atoms with E-state index in [0.717, 1.165) is 23.5 Å². The van der Waals surface area contributed by atoms with Crippen LogP contribution in [-0.4, -0.2) is 59.9 Å². The number of piperidine rings is 1. The van der Waals surface area contributed by atoms with Crippen LogP contribution in [-0.2, 0) is 34.0 Å². The summed E-state index contributed by atoms with van der Waals surface area (Å²) in [5.41, 5.74) is 2.01. The summed E-state index contributed by atoms with van der Waals surface area (Å²) in [5.74, 6) is -0.838. The van der Waals surface area contributed by atoms with E-state index in [1.165, 1.54) is 22.3 Å². The van der Waals surface area contributed by atoms with Crippen molar-refractivity contribution in [1.82, 2.24) is 15.1 Å². The van der Waals surface area contributed by atoms with Crippen molar-refractivity contribution in [3.63, 3.8) is 0 Å². The Hall–Kier alpha value is -2.82. The number of amides is 3. The summed E-state index contributed by atoms with van der Waals surface area (Å²) in [6.45, 7) is 3.95. The lowest BCUT2D eigenvalue weighted by Crippen LogP contribution is -2.52. The zero-order chi connectivity index (χ0) is 22.9. The number of ether oxygens (including phenoxy) is 2. The molecule has 0 saturated carbocycles. The largest absolute Gasteiger partial charge is 0.488 e. The van der Waals surface area contributed by atoms with E-state index in [0.29, 0.717) is 49.6 Å². The fraction of sp³-hybridized carbons (Fsp3) is 0.435. The number of nitrogens with one attached hydrogen (secondary N) is 1. The highest BCUT2D eigenvalue weighted by molar-refractivity contribution is 7.10. The van der Waals surface area contributed by atoms with Gasteiger partial charge in [-0.05, 0) is 12.5 Å². The first-order valence-corrected chi connectivity index (χ1v) is 11.8. The first kappa shape index (κ1) is 22.0. The molecular formula is C23H24FN3O5S. The predicted molar refractivity (Wildman–Crippen MR) is 117 cm³/mol. The van der Waals surface area contributed by atoms with Gasteiger partial charge in [-0.1, -0.05) is 6.07 Å². The van der Waals surface area contributed by atoms with Gasteiger partial charge in [0.1, 0.15) is 24.2 Å². The topological polar surface area (TPSA) is 88.2 Å². The summed E-state index contributed by atoms with van der Waals surface area (Å²) in [5, 5.41) is 4.08. The Kier molecular flexibility index (Phi) is 6.13. The lowest BCUT2D eigenvalue weighted by molar-refractivity contribution is -0.136. The summed E-state index contributed by atoms with van der Waals surface area (Å²) >= 11 is 1.42. The van der Waals surface area contributed by atoms with E-state index in [4.69, 9.17) is 9.47 Å². The minimum absolute atomic E-state index is 0.207. The molecule has 1 aromatic heterocycles. The number of rotatable bonds is 6. The van der Waals surface area contributed by atoms with Crippen LogP contribution in [0.1, 0.15) is 39.2 Å². The van der Waals surface area contributed by atoms with Gasteiger partial charge in [-0.2, -0.15) is 0 Å². The van der Waals surface area contributed by atoms with E-state index in [1.807, 2.05) is 0 Å². The molecule has 4 heterocycles. The van der Waals surface area contributed by atoms with Crippen LogP contribution < -0.4 is 10.1 Å². The summed E-state index contributed by atoms with van der Waals surface area (Å²) in [7, 11) is 0. The van der Waals surface area contributed by atoms with Gasteiger partial charge in [0.25, 0.3) is 5.91 Å². The molecule has 3 amide bonds. The van der Waals surface area contributed by atoms with Gasteiger partial charge < -0.3 is 14.4 Å². The van der Waals surface area contributed by atoms with E-state index < -0.39 is 11.9 Å². The van der Waals surface area contributed by atoms with Crippen LogP contribution in [0, 0.1) is 5.82 Å². The minimum atomic E-state index is -0.644. The molecule has 0 unspecified atom stereocenters. The molecule has 3 aliphatic heterocycles. The van der Waals surface area contributed by atoms with Crippen molar-refractivity contribution >= 4 is 29.1 Å². The Morgan fingerprint density at radius 2 is 2.03 bits per heavy atom. The zero-order valence-electron chi connectivity index (χ0n) is 18.0. The number of hydrogen-bond donors (Lipinski definition) is 1. The quantitative estimate of drug-likeness (QED) is 0.647. The third-order valence-corrected chi connectivity index (χ3v) is 7.28. The van der Waals surface area contributed by atoms with Crippen LogP contribution in [0.15, 0.2) is 23.6 Å². The van der Waals surface area contributed by atoms with Crippen molar-refractivity contribution in [3.8, 4) is 5.75 Å². The molecule has 3 aliphatic rings. The molecule has 1 atom stereocenters. The number of hydrogen-bond acceptors (Lipinski definition) is 7. The molecule has 0 radical (unpaired) electrons. The number of halogens is 1. The van der Waals surface area contributed by atoms with Crippen molar-refractivity contribution < 1.29 is 28.2 Å². The van der Waals surface area contributed by atoms with Crippen LogP contribution in [0.5, 0.6) is 5.75 Å². The number of thiophene rings is 1. The van der Waals surface area contributed by atoms with E-state index in [2.05, 4.69) is 10.2 Å². The van der Waals surface area contributed by atoms with Gasteiger partial charge in [0, 0.05) is 60.1 Å². The number of morpholine rings is 1. The van der Waals surface area contributed by atoms with E-state index in [1.54, 1.807) is 17.5 Å². The lowest BCUT2D eigenvalue weighted by Gasteiger charge is -2.29. The molecule has 174 valence electrons. The highest BCUT2D eigenvalue weighted by atomic mass is 32.1. The van der Waals surface area contributed by atoms with Crippen molar-refractivity contribution in [3.05, 3.63) is 51.0 Å². The van der Waals surface area contributed by atoms with E-state index >= 15 is 0 Å². The zero-order valence-corrected chi connectivity index (χ0v) is 18.8. The molecule has 2 fully saturated rings. The molecule has 8 nitrogen and oxygen atoms in total. The molecule has 0 aliphatic carbocycles. The summed E-state index contributed by atoms with van der Waals surface area (Å²) in [6.07, 6.45) is 0.544. The Morgan fingerprint density at radius 3 is 2.79 bits per heavy atom. The number of carbonyl (C=O) groups is 3. The summed E-state index contributed by atoms with van der Waals surface area (Å²) in [6, 6.07) is 4.25. The molecule has 2 aromatic rings. The Balaban J connectivity index is 1.22. The molecular weight excluding hydrogens is 449 g/mol. The van der Waals surface area contributed by atoms with E-state index in [-0.39, 0.29) is 30.7 Å². The van der Waals surface area contributed by atoms with Crippen LogP contribution in [0.4, 0.5) is 4.39 Å². The first-order chi connectivity index (χ1) is 16.0. The molecule has 0 bridgehead atoms. The van der Waals surface area contributed by atoms with Crippen LogP contribution in [0.3, 0.4) is 0 Å². The van der Waals surface area contributed by atoms with Gasteiger partial charge in [-0.15, -0.1) is 11.3 Å². The number of carbonyl (C=O) groups excluding carboxylic acids is 3. The Morgan fingerprint density at radius 1 is 1.21 bits per heavy atom. The summed E-state index contributed by atoms with van der Waals surface area (Å²) in [4.78, 5) is 41.0. The first-order valence-electron chi connectivity index (χ1n) is 10.9. The fourth-order valence-electron chi connectivity index (χ4n) is 4.42. The number of fused-ring (bicyclic) bond motifs is 1. The minimum Gasteiger partial charge on any atom is -0.488 e. The van der Waals surface area contributed by atoms with Crippen molar-refractivity contribution in [2.24, 2.45) is 0 Å². The lowest BCUT2D eigenvalue weighted by atomic mass is 10.0. The second-order valence-corrected chi connectivity index (χ2v) is 9.35. The average Bonchev–Trinajstić information content (AvgIpc) is 3.35. The predicted octanol–water partition coefficient (Wildman–Crippen LogP) is 2.06. The molecule has 1 N–H and O–H groups in total. The van der Waals surface area contributed by atoms with Crippen LogP contribution in [0.25, 0.3) is 0 Å². The highest BCUT2D eigenvalue weighted by Crippen LogP contribution is 2.34. The third-order valence-electron chi connectivity index (χ3n) is 6.28. The molecule has 5 rings (SSSR count). The normalized spacial score (nSPS) is 21.3. The highest BCUT2D eigenvalue weighted by Gasteiger charge is 2.40. The summed E-state index contributed by atoms with van der Waals surface area (Å²) < 4.78 is 25.8. The average molecular weight is 474 g/mol. The number of imide groups is 1. The number of nitrogens with zero attached hydrogens (tertiary/aromatic N) is 2. The Bertz CT molecular complexity index is 1100. The molecule has 10 heteroatoms. The van der Waals surface area contributed by atoms with Gasteiger partial charge in [0.2, 0.25) is 11.8 Å². The maximum Gasteiger partial charge on any atom is 0.256 e. The second-order valence-electron chi connectivity index (χ2n) is 8.38. The van der Waals surface area contributed by atoms with Gasteiger partial charge in [0.05, 0.1) is 18.8 Å².